The minimum atomic E-state index is -3.11. The molecular formula is C24H34FN5O5S. The van der Waals surface area contributed by atoms with Gasteiger partial charge < -0.3 is 24.6 Å². The van der Waals surface area contributed by atoms with Gasteiger partial charge in [0.1, 0.15) is 33.9 Å². The van der Waals surface area contributed by atoms with Gasteiger partial charge in [-0.2, -0.15) is 0 Å². The molecule has 1 aromatic heterocycles. The normalized spacial score (nSPS) is 14.6. The quantitative estimate of drug-likeness (QED) is 0.527. The van der Waals surface area contributed by atoms with Crippen molar-refractivity contribution in [2.24, 2.45) is 0 Å². The van der Waals surface area contributed by atoms with E-state index in [0.717, 1.165) is 0 Å². The zero-order valence-electron chi connectivity index (χ0n) is 21.3. The molecule has 198 valence electrons. The number of nitrogens with one attached hydrogen (secondary N) is 1. The highest BCUT2D eigenvalue weighted by Crippen LogP contribution is 2.29. The van der Waals surface area contributed by atoms with Crippen molar-refractivity contribution in [2.45, 2.75) is 45.8 Å². The first-order valence-electron chi connectivity index (χ1n) is 11.8. The van der Waals surface area contributed by atoms with E-state index in [4.69, 9.17) is 9.47 Å². The van der Waals surface area contributed by atoms with E-state index in [-0.39, 0.29) is 36.3 Å². The molecule has 36 heavy (non-hydrogen) atoms. The van der Waals surface area contributed by atoms with Gasteiger partial charge in [0, 0.05) is 51.5 Å². The average Bonchev–Trinajstić information content (AvgIpc) is 2.80. The summed E-state index contributed by atoms with van der Waals surface area (Å²) in [5.74, 6) is 0.290. The molecule has 1 saturated heterocycles. The maximum absolute atomic E-state index is 14.8. The summed E-state index contributed by atoms with van der Waals surface area (Å²) in [5, 5.41) is 2.99. The molecular weight excluding hydrogens is 489 g/mol. The lowest BCUT2D eigenvalue weighted by Gasteiger charge is -2.32. The summed E-state index contributed by atoms with van der Waals surface area (Å²) in [7, 11) is -1.40. The van der Waals surface area contributed by atoms with Gasteiger partial charge in [0.05, 0.1) is 23.1 Å². The second kappa shape index (κ2) is 11.7. The molecule has 1 aromatic carbocycles. The Balaban J connectivity index is 1.62. The SMILES string of the molecule is Cc1c(Nc2ccc(N(C)CCS(C)(=O)=O)cc2F)ncnc1OC1CCN(C(=O)OC(C)C)CC1. The number of piperidine rings is 1. The van der Waals surface area contributed by atoms with E-state index in [9.17, 15) is 17.6 Å². The number of sulfone groups is 1. The van der Waals surface area contributed by atoms with E-state index in [1.165, 1.54) is 18.6 Å². The number of carbonyl (C=O) groups is 1. The number of halogens is 1. The van der Waals surface area contributed by atoms with Crippen LogP contribution >= 0.6 is 0 Å². The number of aromatic nitrogens is 2. The fraction of sp³-hybridized carbons (Fsp3) is 0.542. The predicted octanol–water partition coefficient (Wildman–Crippen LogP) is 3.54. The van der Waals surface area contributed by atoms with Crippen molar-refractivity contribution in [3.8, 4) is 5.88 Å². The van der Waals surface area contributed by atoms with Crippen LogP contribution in [-0.2, 0) is 14.6 Å². The van der Waals surface area contributed by atoms with E-state index in [1.807, 2.05) is 13.8 Å². The molecule has 1 N–H and O–H groups in total. The van der Waals surface area contributed by atoms with Gasteiger partial charge in [-0.1, -0.05) is 0 Å². The predicted molar refractivity (Wildman–Crippen MR) is 136 cm³/mol. The second-order valence-electron chi connectivity index (χ2n) is 9.23. The van der Waals surface area contributed by atoms with Crippen molar-refractivity contribution >= 4 is 33.1 Å². The Kier molecular flexibility index (Phi) is 8.93. The van der Waals surface area contributed by atoms with Crippen molar-refractivity contribution in [3.05, 3.63) is 35.9 Å². The first-order chi connectivity index (χ1) is 16.9. The largest absolute Gasteiger partial charge is 0.474 e. The lowest BCUT2D eigenvalue weighted by Crippen LogP contribution is -2.42. The highest BCUT2D eigenvalue weighted by atomic mass is 32.2. The van der Waals surface area contributed by atoms with Crippen molar-refractivity contribution < 1.29 is 27.1 Å². The van der Waals surface area contributed by atoms with E-state index >= 15 is 0 Å². The fourth-order valence-corrected chi connectivity index (χ4v) is 4.28. The van der Waals surface area contributed by atoms with Gasteiger partial charge in [0.25, 0.3) is 0 Å². The first-order valence-corrected chi connectivity index (χ1v) is 13.9. The second-order valence-corrected chi connectivity index (χ2v) is 11.5. The summed E-state index contributed by atoms with van der Waals surface area (Å²) in [5.41, 5.74) is 1.42. The van der Waals surface area contributed by atoms with Gasteiger partial charge in [-0.15, -0.1) is 0 Å². The molecule has 1 amide bonds. The van der Waals surface area contributed by atoms with Crippen molar-refractivity contribution in [1.82, 2.24) is 14.9 Å². The van der Waals surface area contributed by atoms with Crippen LogP contribution in [0.25, 0.3) is 0 Å². The average molecular weight is 524 g/mol. The minimum Gasteiger partial charge on any atom is -0.474 e. The van der Waals surface area contributed by atoms with Crippen LogP contribution in [0.15, 0.2) is 24.5 Å². The number of anilines is 3. The number of benzene rings is 1. The van der Waals surface area contributed by atoms with Gasteiger partial charge in [0.2, 0.25) is 5.88 Å². The molecule has 0 atom stereocenters. The number of hydrogen-bond donors (Lipinski definition) is 1. The topological polar surface area (TPSA) is 114 Å². The van der Waals surface area contributed by atoms with Crippen LogP contribution < -0.4 is 15.0 Å². The van der Waals surface area contributed by atoms with Crippen LogP contribution in [0.2, 0.25) is 0 Å². The third kappa shape index (κ3) is 7.67. The molecule has 0 bridgehead atoms. The van der Waals surface area contributed by atoms with Crippen LogP contribution in [0.1, 0.15) is 32.3 Å². The fourth-order valence-electron chi connectivity index (χ4n) is 3.67. The molecule has 0 unspecified atom stereocenters. The van der Waals surface area contributed by atoms with Gasteiger partial charge >= 0.3 is 6.09 Å². The van der Waals surface area contributed by atoms with E-state index < -0.39 is 15.7 Å². The highest BCUT2D eigenvalue weighted by molar-refractivity contribution is 7.90. The molecule has 12 heteroatoms. The third-order valence-corrected chi connectivity index (χ3v) is 6.72. The summed E-state index contributed by atoms with van der Waals surface area (Å²) >= 11 is 0. The molecule has 1 aliphatic heterocycles. The lowest BCUT2D eigenvalue weighted by molar-refractivity contribution is 0.0505. The van der Waals surface area contributed by atoms with Crippen LogP contribution in [0.4, 0.5) is 26.4 Å². The molecule has 0 radical (unpaired) electrons. The summed E-state index contributed by atoms with van der Waals surface area (Å²) < 4.78 is 49.0. The van der Waals surface area contributed by atoms with E-state index in [2.05, 4.69) is 15.3 Å². The number of amides is 1. The molecule has 10 nitrogen and oxygen atoms in total. The van der Waals surface area contributed by atoms with Gasteiger partial charge in [-0.05, 0) is 39.0 Å². The molecule has 1 fully saturated rings. The van der Waals surface area contributed by atoms with Crippen LogP contribution in [0, 0.1) is 12.7 Å². The molecule has 3 rings (SSSR count). The molecule has 2 heterocycles. The molecule has 0 saturated carbocycles. The van der Waals surface area contributed by atoms with Crippen molar-refractivity contribution in [2.75, 3.05) is 48.9 Å². The number of carbonyl (C=O) groups excluding carboxylic acids is 1. The molecule has 1 aliphatic rings. The maximum atomic E-state index is 14.8. The highest BCUT2D eigenvalue weighted by Gasteiger charge is 2.26. The minimum absolute atomic E-state index is 0.0188. The number of ether oxygens (including phenoxy) is 2. The first kappa shape index (κ1) is 27.4. The Morgan fingerprint density at radius 2 is 1.97 bits per heavy atom. The Hall–Kier alpha value is -3.15. The number of nitrogens with zero attached hydrogens (tertiary/aromatic N) is 4. The summed E-state index contributed by atoms with van der Waals surface area (Å²) in [4.78, 5) is 23.9. The zero-order chi connectivity index (χ0) is 26.5. The summed E-state index contributed by atoms with van der Waals surface area (Å²) in [6.07, 6.45) is 3.21. The van der Waals surface area contributed by atoms with Crippen LogP contribution in [-0.4, -0.2) is 80.3 Å². The Morgan fingerprint density at radius 3 is 2.58 bits per heavy atom. The van der Waals surface area contributed by atoms with Crippen LogP contribution in [0.3, 0.4) is 0 Å². The molecule has 0 spiro atoms. The van der Waals surface area contributed by atoms with Gasteiger partial charge in [-0.25, -0.2) is 27.6 Å². The Labute approximate surface area is 211 Å². The Morgan fingerprint density at radius 1 is 1.28 bits per heavy atom. The number of likely N-dealkylation sites (tertiary alicyclic amines) is 1. The third-order valence-electron chi connectivity index (χ3n) is 5.80. The maximum Gasteiger partial charge on any atom is 0.410 e. The van der Waals surface area contributed by atoms with Crippen molar-refractivity contribution in [1.29, 1.82) is 0 Å². The number of rotatable bonds is 9. The number of hydrogen-bond acceptors (Lipinski definition) is 9. The molecule has 2 aromatic rings. The van der Waals surface area contributed by atoms with Crippen LogP contribution in [0.5, 0.6) is 5.88 Å². The standard InChI is InChI=1S/C24H34FN5O5S/c1-16(2)34-24(31)30-10-8-19(9-11-30)35-23-17(3)22(26-15-27-23)28-21-7-6-18(14-20(21)25)29(4)12-13-36(5,32)33/h6-7,14-16,19H,8-13H2,1-5H3,(H,26,27,28). The smallest absolute Gasteiger partial charge is 0.410 e. The van der Waals surface area contributed by atoms with E-state index in [0.29, 0.717) is 48.9 Å². The Bertz CT molecular complexity index is 1170. The lowest BCUT2D eigenvalue weighted by atomic mass is 10.1. The van der Waals surface area contributed by atoms with Gasteiger partial charge in [-0.3, -0.25) is 0 Å². The van der Waals surface area contributed by atoms with Gasteiger partial charge in [0.15, 0.2) is 0 Å². The van der Waals surface area contributed by atoms with E-state index in [1.54, 1.807) is 35.9 Å². The van der Waals surface area contributed by atoms with Crippen molar-refractivity contribution in [3.63, 3.8) is 0 Å². The zero-order valence-corrected chi connectivity index (χ0v) is 22.1. The summed E-state index contributed by atoms with van der Waals surface area (Å²) in [6, 6.07) is 4.63. The monoisotopic (exact) mass is 523 g/mol. The summed E-state index contributed by atoms with van der Waals surface area (Å²) in [6.45, 7) is 6.74. The molecule has 0 aliphatic carbocycles.